The highest BCUT2D eigenvalue weighted by Gasteiger charge is 2.05. The van der Waals surface area contributed by atoms with E-state index in [1.807, 2.05) is 67.6 Å². The van der Waals surface area contributed by atoms with Crippen molar-refractivity contribution in [3.05, 3.63) is 71.8 Å². The van der Waals surface area contributed by atoms with Crippen LogP contribution in [0.25, 0.3) is 10.8 Å². The van der Waals surface area contributed by atoms with E-state index in [4.69, 9.17) is 4.74 Å². The first kappa shape index (κ1) is 16.5. The van der Waals surface area contributed by atoms with Crippen molar-refractivity contribution < 1.29 is 9.53 Å². The Morgan fingerprint density at radius 3 is 2.48 bits per heavy atom. The minimum absolute atomic E-state index is 0.386. The van der Waals surface area contributed by atoms with Crippen LogP contribution in [-0.4, -0.2) is 19.4 Å². The zero-order valence-electron chi connectivity index (χ0n) is 14.1. The molecule has 0 saturated heterocycles. The summed E-state index contributed by atoms with van der Waals surface area (Å²) in [7, 11) is 1.65. The van der Waals surface area contributed by atoms with Crippen LogP contribution in [0.1, 0.15) is 11.1 Å². The molecule has 0 fully saturated rings. The molecule has 3 aromatic carbocycles. The summed E-state index contributed by atoms with van der Waals surface area (Å²) in [5.41, 5.74) is 5.13. The molecule has 0 bridgehead atoms. The summed E-state index contributed by atoms with van der Waals surface area (Å²) < 4.78 is 5.38. The number of carbonyl (C=O) groups is 1. The molecule has 5 heteroatoms. The molecule has 0 aliphatic carbocycles. The molecule has 0 spiro atoms. The molecule has 0 aliphatic heterocycles. The molecule has 25 heavy (non-hydrogen) atoms. The Balaban J connectivity index is 1.73. The standard InChI is InChI=1S/C20H19N3O2/c1-14-7-3-6-10-18(14)22-20(24)23-21-13-15-11-12-19(25-2)17-9-5-4-8-16(15)17/h3-13H,1-2H3,(H2,22,23,24). The number of hydrogen-bond acceptors (Lipinski definition) is 3. The first-order valence-corrected chi connectivity index (χ1v) is 7.90. The maximum absolute atomic E-state index is 12.0. The Morgan fingerprint density at radius 1 is 1.00 bits per heavy atom. The van der Waals surface area contributed by atoms with Gasteiger partial charge in [-0.2, -0.15) is 5.10 Å². The van der Waals surface area contributed by atoms with Gasteiger partial charge in [0.15, 0.2) is 0 Å². The average molecular weight is 333 g/mol. The van der Waals surface area contributed by atoms with Crippen molar-refractivity contribution in [2.45, 2.75) is 6.92 Å². The minimum atomic E-state index is -0.386. The van der Waals surface area contributed by atoms with E-state index in [2.05, 4.69) is 15.8 Å². The number of rotatable bonds is 4. The van der Waals surface area contributed by atoms with Crippen molar-refractivity contribution in [3.63, 3.8) is 0 Å². The predicted molar refractivity (Wildman–Crippen MR) is 101 cm³/mol. The van der Waals surface area contributed by atoms with Gasteiger partial charge in [0.1, 0.15) is 5.75 Å². The zero-order chi connectivity index (χ0) is 17.6. The van der Waals surface area contributed by atoms with Gasteiger partial charge >= 0.3 is 6.03 Å². The number of amides is 2. The van der Waals surface area contributed by atoms with Crippen LogP contribution in [0, 0.1) is 6.92 Å². The van der Waals surface area contributed by atoms with Gasteiger partial charge in [-0.05, 0) is 36.1 Å². The fourth-order valence-corrected chi connectivity index (χ4v) is 2.61. The fraction of sp³-hybridized carbons (Fsp3) is 0.100. The summed E-state index contributed by atoms with van der Waals surface area (Å²) in [4.78, 5) is 12.0. The highest BCUT2D eigenvalue weighted by atomic mass is 16.5. The molecule has 2 amide bonds. The van der Waals surface area contributed by atoms with Gasteiger partial charge in [0, 0.05) is 16.6 Å². The van der Waals surface area contributed by atoms with Crippen LogP contribution in [0.5, 0.6) is 5.75 Å². The molecule has 3 rings (SSSR count). The van der Waals surface area contributed by atoms with Crippen LogP contribution in [0.3, 0.4) is 0 Å². The Morgan fingerprint density at radius 2 is 1.72 bits per heavy atom. The summed E-state index contributed by atoms with van der Waals surface area (Å²) in [6.45, 7) is 1.93. The molecule has 5 nitrogen and oxygen atoms in total. The van der Waals surface area contributed by atoms with Gasteiger partial charge in [0.2, 0.25) is 0 Å². The van der Waals surface area contributed by atoms with Crippen LogP contribution >= 0.6 is 0 Å². The number of nitrogens with one attached hydrogen (secondary N) is 2. The maximum atomic E-state index is 12.0. The number of hydrogen-bond donors (Lipinski definition) is 2. The number of nitrogens with zero attached hydrogens (tertiary/aromatic N) is 1. The van der Waals surface area contributed by atoms with Crippen molar-refractivity contribution >= 4 is 28.7 Å². The number of ether oxygens (including phenoxy) is 1. The number of methoxy groups -OCH3 is 1. The summed E-state index contributed by atoms with van der Waals surface area (Å²) in [6.07, 6.45) is 1.62. The second kappa shape index (κ2) is 7.49. The van der Waals surface area contributed by atoms with Crippen LogP contribution in [0.2, 0.25) is 0 Å². The predicted octanol–water partition coefficient (Wildman–Crippen LogP) is 4.31. The third-order valence-corrected chi connectivity index (χ3v) is 3.90. The van der Waals surface area contributed by atoms with Gasteiger partial charge in [-0.25, -0.2) is 10.2 Å². The number of aryl methyl sites for hydroxylation is 1. The van der Waals surface area contributed by atoms with Crippen LogP contribution in [-0.2, 0) is 0 Å². The third kappa shape index (κ3) is 3.77. The molecule has 0 saturated carbocycles. The smallest absolute Gasteiger partial charge is 0.339 e. The second-order valence-electron chi connectivity index (χ2n) is 5.54. The minimum Gasteiger partial charge on any atom is -0.496 e. The SMILES string of the molecule is COc1ccc(C=NNC(=O)Nc2ccccc2C)c2ccccc12. The number of carbonyl (C=O) groups excluding carboxylic acids is 1. The van der Waals surface area contributed by atoms with E-state index in [0.717, 1.165) is 33.3 Å². The summed E-state index contributed by atoms with van der Waals surface area (Å²) >= 11 is 0. The van der Waals surface area contributed by atoms with E-state index < -0.39 is 0 Å². The van der Waals surface area contributed by atoms with Gasteiger partial charge < -0.3 is 10.1 Å². The first-order valence-electron chi connectivity index (χ1n) is 7.90. The molecular formula is C20H19N3O2. The van der Waals surface area contributed by atoms with Gasteiger partial charge in [0.25, 0.3) is 0 Å². The molecule has 0 heterocycles. The Labute approximate surface area is 146 Å². The van der Waals surface area contributed by atoms with Crippen LogP contribution < -0.4 is 15.5 Å². The van der Waals surface area contributed by atoms with Crippen molar-refractivity contribution in [2.75, 3.05) is 12.4 Å². The molecule has 0 aliphatic rings. The Bertz CT molecular complexity index is 935. The third-order valence-electron chi connectivity index (χ3n) is 3.90. The molecule has 0 aromatic heterocycles. The van der Waals surface area contributed by atoms with Gasteiger partial charge in [-0.1, -0.05) is 42.5 Å². The average Bonchev–Trinajstić information content (AvgIpc) is 2.64. The lowest BCUT2D eigenvalue weighted by atomic mass is 10.0. The van der Waals surface area contributed by atoms with Gasteiger partial charge in [-0.3, -0.25) is 0 Å². The summed E-state index contributed by atoms with van der Waals surface area (Å²) in [5, 5.41) is 8.82. The molecule has 0 radical (unpaired) electrons. The van der Waals surface area contributed by atoms with Crippen molar-refractivity contribution in [1.29, 1.82) is 0 Å². The fourth-order valence-electron chi connectivity index (χ4n) is 2.61. The Hall–Kier alpha value is -3.34. The van der Waals surface area contributed by atoms with Crippen molar-refractivity contribution in [2.24, 2.45) is 5.10 Å². The van der Waals surface area contributed by atoms with E-state index in [1.54, 1.807) is 13.3 Å². The number of para-hydroxylation sites is 1. The number of urea groups is 1. The molecule has 126 valence electrons. The summed E-state index contributed by atoms with van der Waals surface area (Å²) in [6, 6.07) is 18.9. The zero-order valence-corrected chi connectivity index (χ0v) is 14.1. The van der Waals surface area contributed by atoms with E-state index in [1.165, 1.54) is 0 Å². The highest BCUT2D eigenvalue weighted by molar-refractivity contribution is 6.02. The number of fused-ring (bicyclic) bond motifs is 1. The van der Waals surface area contributed by atoms with Crippen LogP contribution in [0.15, 0.2) is 65.8 Å². The van der Waals surface area contributed by atoms with Gasteiger partial charge in [-0.15, -0.1) is 0 Å². The van der Waals surface area contributed by atoms with Crippen LogP contribution in [0.4, 0.5) is 10.5 Å². The Kier molecular flexibility index (Phi) is 4.95. The van der Waals surface area contributed by atoms with E-state index in [9.17, 15) is 4.79 Å². The first-order chi connectivity index (χ1) is 12.2. The second-order valence-corrected chi connectivity index (χ2v) is 5.54. The molecule has 0 unspecified atom stereocenters. The van der Waals surface area contributed by atoms with E-state index in [-0.39, 0.29) is 6.03 Å². The lowest BCUT2D eigenvalue weighted by molar-refractivity contribution is 0.252. The van der Waals surface area contributed by atoms with Crippen molar-refractivity contribution in [1.82, 2.24) is 5.43 Å². The number of benzene rings is 3. The monoisotopic (exact) mass is 333 g/mol. The summed E-state index contributed by atoms with van der Waals surface area (Å²) in [5.74, 6) is 0.804. The normalized spacial score (nSPS) is 10.8. The lowest BCUT2D eigenvalue weighted by Gasteiger charge is -2.08. The molecule has 2 N–H and O–H groups in total. The van der Waals surface area contributed by atoms with E-state index >= 15 is 0 Å². The molecular weight excluding hydrogens is 314 g/mol. The van der Waals surface area contributed by atoms with E-state index in [0.29, 0.717) is 0 Å². The topological polar surface area (TPSA) is 62.7 Å². The highest BCUT2D eigenvalue weighted by Crippen LogP contribution is 2.27. The lowest BCUT2D eigenvalue weighted by Crippen LogP contribution is -2.24. The number of anilines is 1. The van der Waals surface area contributed by atoms with Gasteiger partial charge in [0.05, 0.1) is 13.3 Å². The molecule has 0 atom stereocenters. The molecule has 3 aromatic rings. The van der Waals surface area contributed by atoms with Crippen molar-refractivity contribution in [3.8, 4) is 5.75 Å². The maximum Gasteiger partial charge on any atom is 0.339 e. The largest absolute Gasteiger partial charge is 0.496 e. The quantitative estimate of drug-likeness (QED) is 0.552. The number of hydrazone groups is 1.